The van der Waals surface area contributed by atoms with E-state index in [4.69, 9.17) is 4.74 Å². The quantitative estimate of drug-likeness (QED) is 0.306. The van der Waals surface area contributed by atoms with Crippen molar-refractivity contribution in [3.8, 4) is 11.3 Å². The van der Waals surface area contributed by atoms with E-state index in [1.165, 1.54) is 0 Å². The number of nitrogens with one attached hydrogen (secondary N) is 1. The number of benzene rings is 3. The summed E-state index contributed by atoms with van der Waals surface area (Å²) in [6.45, 7) is 3.41. The molecular weight excluding hydrogens is 466 g/mol. The van der Waals surface area contributed by atoms with Crippen molar-refractivity contribution in [1.29, 1.82) is 0 Å². The number of anilines is 2. The Morgan fingerprint density at radius 1 is 1.03 bits per heavy atom. The molecule has 1 aliphatic rings. The first-order valence-electron chi connectivity index (χ1n) is 12.2. The van der Waals surface area contributed by atoms with Gasteiger partial charge in [-0.3, -0.25) is 19.4 Å². The van der Waals surface area contributed by atoms with Gasteiger partial charge in [0.25, 0.3) is 5.91 Å². The average molecular weight is 494 g/mol. The van der Waals surface area contributed by atoms with Crippen LogP contribution < -0.4 is 10.2 Å². The molecule has 4 aromatic rings. The Morgan fingerprint density at radius 2 is 1.84 bits per heavy atom. The summed E-state index contributed by atoms with van der Waals surface area (Å²) in [7, 11) is 0. The normalized spacial score (nSPS) is 15.7. The predicted octanol–water partition coefficient (Wildman–Crippen LogP) is 4.83. The number of aldehydes is 1. The maximum absolute atomic E-state index is 13.1. The van der Waals surface area contributed by atoms with Crippen molar-refractivity contribution in [3.05, 3.63) is 90.1 Å². The third kappa shape index (κ3) is 5.13. The zero-order chi connectivity index (χ0) is 25.8. The summed E-state index contributed by atoms with van der Waals surface area (Å²) in [6, 6.07) is 22.4. The van der Waals surface area contributed by atoms with Crippen LogP contribution in [0.3, 0.4) is 0 Å². The second kappa shape index (κ2) is 10.7. The van der Waals surface area contributed by atoms with Crippen LogP contribution in [0.4, 0.5) is 11.4 Å². The molecule has 186 valence electrons. The van der Waals surface area contributed by atoms with E-state index in [-0.39, 0.29) is 5.91 Å². The Morgan fingerprint density at radius 3 is 2.65 bits per heavy atom. The summed E-state index contributed by atoms with van der Waals surface area (Å²) in [5, 5.41) is 5.15. The summed E-state index contributed by atoms with van der Waals surface area (Å²) in [5.41, 5.74) is 4.81. The fourth-order valence-corrected chi connectivity index (χ4v) is 4.75. The van der Waals surface area contributed by atoms with Gasteiger partial charge in [-0.15, -0.1) is 0 Å². The molecule has 5 rings (SSSR count). The van der Waals surface area contributed by atoms with E-state index in [0.29, 0.717) is 43.7 Å². The van der Waals surface area contributed by atoms with Gasteiger partial charge < -0.3 is 15.0 Å². The Hall–Kier alpha value is -4.36. The van der Waals surface area contributed by atoms with Crippen LogP contribution >= 0.6 is 0 Å². The minimum absolute atomic E-state index is 0.244. The molecule has 1 saturated heterocycles. The first-order chi connectivity index (χ1) is 18.0. The van der Waals surface area contributed by atoms with E-state index in [2.05, 4.69) is 16.4 Å². The maximum atomic E-state index is 13.1. The third-order valence-electron chi connectivity index (χ3n) is 6.72. The number of aryl methyl sites for hydroxylation is 1. The summed E-state index contributed by atoms with van der Waals surface area (Å²) in [4.78, 5) is 42.9. The number of Topliss-reactive ketones (excluding diaryl/α,β-unsaturated/α-hetero) is 1. The van der Waals surface area contributed by atoms with Crippen molar-refractivity contribution in [2.45, 2.75) is 19.4 Å². The van der Waals surface area contributed by atoms with Crippen molar-refractivity contribution < 1.29 is 19.1 Å². The van der Waals surface area contributed by atoms with Crippen LogP contribution in [0.5, 0.6) is 0 Å². The average Bonchev–Trinajstić information content (AvgIpc) is 3.20. The summed E-state index contributed by atoms with van der Waals surface area (Å²) in [5.74, 6) is -0.713. The summed E-state index contributed by atoms with van der Waals surface area (Å²) in [6.07, 6.45) is 2.61. The number of fused-ring (bicyclic) bond motifs is 1. The van der Waals surface area contributed by atoms with Crippen molar-refractivity contribution >= 4 is 40.1 Å². The standard InChI is InChI=1S/C30H27N3O4/c1-20-6-9-23(18-26(20)29-25-5-3-2-4-21(25)12-14-31-29)32-30(36)22-7-10-24(11-8-22)33-15-17-37-16-13-27(33)28(35)19-34/h2-12,14,18-19,27H,13,15-17H2,1H3,(H,32,36). The zero-order valence-corrected chi connectivity index (χ0v) is 20.5. The molecule has 1 aliphatic heterocycles. The molecule has 0 bridgehead atoms. The van der Waals surface area contributed by atoms with Crippen LogP contribution in [0.15, 0.2) is 79.0 Å². The van der Waals surface area contributed by atoms with E-state index >= 15 is 0 Å². The maximum Gasteiger partial charge on any atom is 0.255 e. The molecule has 0 saturated carbocycles. The van der Waals surface area contributed by atoms with Crippen LogP contribution in [-0.4, -0.2) is 48.8 Å². The number of rotatable bonds is 6. The lowest BCUT2D eigenvalue weighted by atomic mass is 9.99. The van der Waals surface area contributed by atoms with Gasteiger partial charge in [0, 0.05) is 47.2 Å². The monoisotopic (exact) mass is 493 g/mol. The second-order valence-electron chi connectivity index (χ2n) is 9.04. The molecule has 1 unspecified atom stereocenters. The largest absolute Gasteiger partial charge is 0.380 e. The van der Waals surface area contributed by atoms with Gasteiger partial charge in [0.1, 0.15) is 0 Å². The number of aromatic nitrogens is 1. The number of amides is 1. The van der Waals surface area contributed by atoms with E-state index in [9.17, 15) is 14.4 Å². The minimum atomic E-state index is -0.562. The number of nitrogens with zero attached hydrogens (tertiary/aromatic N) is 2. The Bertz CT molecular complexity index is 1460. The molecule has 1 fully saturated rings. The number of hydrogen-bond donors (Lipinski definition) is 1. The van der Waals surface area contributed by atoms with Gasteiger partial charge >= 0.3 is 0 Å². The SMILES string of the molecule is Cc1ccc(NC(=O)c2ccc(N3CCOCCC3C(=O)C=O)cc2)cc1-c1nccc2ccccc12. The number of ketones is 1. The highest BCUT2D eigenvalue weighted by Crippen LogP contribution is 2.31. The molecule has 0 aliphatic carbocycles. The van der Waals surface area contributed by atoms with E-state index in [1.807, 2.05) is 54.3 Å². The number of hydrogen-bond acceptors (Lipinski definition) is 6. The van der Waals surface area contributed by atoms with Crippen LogP contribution in [0, 0.1) is 6.92 Å². The van der Waals surface area contributed by atoms with E-state index < -0.39 is 11.8 Å². The Kier molecular flexibility index (Phi) is 7.05. The van der Waals surface area contributed by atoms with Crippen LogP contribution in [-0.2, 0) is 14.3 Å². The Balaban J connectivity index is 1.37. The fourth-order valence-electron chi connectivity index (χ4n) is 4.75. The fraction of sp³-hybridized carbons (Fsp3) is 0.200. The third-order valence-corrected chi connectivity index (χ3v) is 6.72. The van der Waals surface area contributed by atoms with Crippen LogP contribution in [0.2, 0.25) is 0 Å². The number of carbonyl (C=O) groups excluding carboxylic acids is 3. The van der Waals surface area contributed by atoms with E-state index in [1.54, 1.807) is 30.5 Å². The molecule has 1 amide bonds. The van der Waals surface area contributed by atoms with Gasteiger partial charge in [-0.1, -0.05) is 30.3 Å². The van der Waals surface area contributed by atoms with Crippen molar-refractivity contribution in [2.75, 3.05) is 30.0 Å². The van der Waals surface area contributed by atoms with E-state index in [0.717, 1.165) is 33.3 Å². The number of ether oxygens (including phenoxy) is 1. The van der Waals surface area contributed by atoms with Crippen molar-refractivity contribution in [2.24, 2.45) is 0 Å². The minimum Gasteiger partial charge on any atom is -0.380 e. The smallest absolute Gasteiger partial charge is 0.255 e. The molecule has 0 radical (unpaired) electrons. The molecule has 0 spiro atoms. The number of carbonyl (C=O) groups is 3. The first kappa shape index (κ1) is 24.3. The summed E-state index contributed by atoms with van der Waals surface area (Å²) < 4.78 is 5.49. The molecule has 7 heteroatoms. The van der Waals surface area contributed by atoms with Gasteiger partial charge in [0.05, 0.1) is 18.3 Å². The molecular formula is C30H27N3O4. The van der Waals surface area contributed by atoms with Crippen LogP contribution in [0.1, 0.15) is 22.3 Å². The van der Waals surface area contributed by atoms with Gasteiger partial charge in [-0.2, -0.15) is 0 Å². The van der Waals surface area contributed by atoms with Gasteiger partial charge in [0.15, 0.2) is 6.29 Å². The lowest BCUT2D eigenvalue weighted by Crippen LogP contribution is -2.42. The van der Waals surface area contributed by atoms with Crippen molar-refractivity contribution in [1.82, 2.24) is 4.98 Å². The van der Waals surface area contributed by atoms with Crippen LogP contribution in [0.25, 0.3) is 22.0 Å². The zero-order valence-electron chi connectivity index (χ0n) is 20.5. The van der Waals surface area contributed by atoms with Gasteiger partial charge in [-0.05, 0) is 66.8 Å². The molecule has 1 atom stereocenters. The molecule has 1 N–H and O–H groups in total. The topological polar surface area (TPSA) is 88.6 Å². The van der Waals surface area contributed by atoms with Gasteiger partial charge in [0.2, 0.25) is 5.78 Å². The molecule has 2 heterocycles. The molecule has 3 aromatic carbocycles. The summed E-state index contributed by atoms with van der Waals surface area (Å²) >= 11 is 0. The molecule has 1 aromatic heterocycles. The lowest BCUT2D eigenvalue weighted by molar-refractivity contribution is -0.130. The second-order valence-corrected chi connectivity index (χ2v) is 9.04. The number of pyridine rings is 1. The highest BCUT2D eigenvalue weighted by atomic mass is 16.5. The van der Waals surface area contributed by atoms with Gasteiger partial charge in [-0.25, -0.2) is 0 Å². The molecule has 7 nitrogen and oxygen atoms in total. The highest BCUT2D eigenvalue weighted by molar-refractivity contribution is 6.28. The van der Waals surface area contributed by atoms with Crippen molar-refractivity contribution in [3.63, 3.8) is 0 Å². The predicted molar refractivity (Wildman–Crippen MR) is 144 cm³/mol. The lowest BCUT2D eigenvalue weighted by Gasteiger charge is -2.29. The molecule has 37 heavy (non-hydrogen) atoms. The highest BCUT2D eigenvalue weighted by Gasteiger charge is 2.27. The Labute approximate surface area is 215 Å². The first-order valence-corrected chi connectivity index (χ1v) is 12.2.